The lowest BCUT2D eigenvalue weighted by molar-refractivity contribution is 0.152. The number of hydrogen-bond donors (Lipinski definition) is 2. The Labute approximate surface area is 121 Å². The van der Waals surface area contributed by atoms with E-state index in [1.807, 2.05) is 13.8 Å². The summed E-state index contributed by atoms with van der Waals surface area (Å²) >= 11 is 2.96. The van der Waals surface area contributed by atoms with Gasteiger partial charge in [0.25, 0.3) is 0 Å². The molecule has 108 valence electrons. The Bertz CT molecular complexity index is 534. The third kappa shape index (κ3) is 5.18. The van der Waals surface area contributed by atoms with Crippen molar-refractivity contribution >= 4 is 26.0 Å². The molecule has 2 N–H and O–H groups in total. The summed E-state index contributed by atoms with van der Waals surface area (Å²) in [5.41, 5.74) is 0. The number of aliphatic hydroxyl groups excluding tert-OH is 1. The number of aliphatic hydroxyl groups is 1. The Balaban J connectivity index is 2.73. The predicted octanol–water partition coefficient (Wildman–Crippen LogP) is 2.27. The monoisotopic (exact) mass is 353 g/mol. The second-order valence-corrected chi connectivity index (χ2v) is 7.33. The first kappa shape index (κ1) is 16.6. The van der Waals surface area contributed by atoms with Crippen LogP contribution in [0, 0.1) is 11.7 Å². The van der Waals surface area contributed by atoms with Gasteiger partial charge in [0.2, 0.25) is 10.0 Å². The van der Waals surface area contributed by atoms with Crippen LogP contribution in [0.4, 0.5) is 4.39 Å². The van der Waals surface area contributed by atoms with Crippen molar-refractivity contribution in [2.75, 3.05) is 6.54 Å². The molecule has 0 bridgehead atoms. The first-order chi connectivity index (χ1) is 8.72. The Morgan fingerprint density at radius 3 is 2.58 bits per heavy atom. The van der Waals surface area contributed by atoms with E-state index >= 15 is 0 Å². The molecule has 0 saturated carbocycles. The van der Waals surface area contributed by atoms with Crippen molar-refractivity contribution in [1.29, 1.82) is 0 Å². The van der Waals surface area contributed by atoms with Gasteiger partial charge in [-0.3, -0.25) is 0 Å². The standard InChI is InChI=1S/C12H17BrFNO3S/c1-8(2)5-9(16)7-15-19(17,18)10-3-4-11(13)12(14)6-10/h3-4,6,8-9,15-16H,5,7H2,1-2H3. The second-order valence-electron chi connectivity index (χ2n) is 4.71. The smallest absolute Gasteiger partial charge is 0.240 e. The molecule has 7 heteroatoms. The Morgan fingerprint density at radius 2 is 2.05 bits per heavy atom. The van der Waals surface area contributed by atoms with Crippen LogP contribution in [0.1, 0.15) is 20.3 Å². The van der Waals surface area contributed by atoms with Crippen LogP contribution in [0.5, 0.6) is 0 Å². The molecular weight excluding hydrogens is 337 g/mol. The van der Waals surface area contributed by atoms with Crippen LogP contribution in [0.3, 0.4) is 0 Å². The summed E-state index contributed by atoms with van der Waals surface area (Å²) in [6.45, 7) is 3.78. The molecule has 1 unspecified atom stereocenters. The summed E-state index contributed by atoms with van der Waals surface area (Å²) in [6, 6.07) is 3.56. The van der Waals surface area contributed by atoms with E-state index in [0.717, 1.165) is 6.07 Å². The van der Waals surface area contributed by atoms with Gasteiger partial charge in [-0.2, -0.15) is 0 Å². The lowest BCUT2D eigenvalue weighted by Gasteiger charge is -2.14. The van der Waals surface area contributed by atoms with E-state index in [0.29, 0.717) is 6.42 Å². The van der Waals surface area contributed by atoms with E-state index in [-0.39, 0.29) is 21.8 Å². The van der Waals surface area contributed by atoms with Crippen molar-refractivity contribution < 1.29 is 17.9 Å². The zero-order valence-corrected chi connectivity index (χ0v) is 13.1. The fraction of sp³-hybridized carbons (Fsp3) is 0.500. The highest BCUT2D eigenvalue weighted by atomic mass is 79.9. The topological polar surface area (TPSA) is 66.4 Å². The minimum atomic E-state index is -3.80. The molecule has 0 aliphatic carbocycles. The third-order valence-corrected chi connectivity index (χ3v) is 4.52. The Morgan fingerprint density at radius 1 is 1.42 bits per heavy atom. The Kier molecular flexibility index (Phi) is 5.91. The fourth-order valence-electron chi connectivity index (χ4n) is 1.56. The fourth-order valence-corrected chi connectivity index (χ4v) is 2.89. The largest absolute Gasteiger partial charge is 0.392 e. The molecule has 0 amide bonds. The first-order valence-electron chi connectivity index (χ1n) is 5.85. The molecule has 1 aromatic carbocycles. The molecule has 1 atom stereocenters. The molecular formula is C12H17BrFNO3S. The summed E-state index contributed by atoms with van der Waals surface area (Å²) in [6.07, 6.45) is -0.257. The summed E-state index contributed by atoms with van der Waals surface area (Å²) in [7, 11) is -3.80. The molecule has 0 fully saturated rings. The quantitative estimate of drug-likeness (QED) is 0.824. The van der Waals surface area contributed by atoms with E-state index in [9.17, 15) is 17.9 Å². The normalized spacial score (nSPS) is 13.8. The van der Waals surface area contributed by atoms with Gasteiger partial charge in [-0.1, -0.05) is 13.8 Å². The minimum Gasteiger partial charge on any atom is -0.392 e. The van der Waals surface area contributed by atoms with Crippen molar-refractivity contribution in [3.05, 3.63) is 28.5 Å². The van der Waals surface area contributed by atoms with Crippen molar-refractivity contribution in [2.24, 2.45) is 5.92 Å². The number of sulfonamides is 1. The molecule has 0 aromatic heterocycles. The number of benzene rings is 1. The van der Waals surface area contributed by atoms with Crippen LogP contribution in [-0.2, 0) is 10.0 Å². The van der Waals surface area contributed by atoms with Gasteiger partial charge in [0.15, 0.2) is 0 Å². The van der Waals surface area contributed by atoms with Gasteiger partial charge in [0.1, 0.15) is 5.82 Å². The highest BCUT2D eigenvalue weighted by Crippen LogP contribution is 2.19. The van der Waals surface area contributed by atoms with E-state index in [4.69, 9.17) is 0 Å². The molecule has 0 aliphatic rings. The van der Waals surface area contributed by atoms with Crippen LogP contribution in [0.2, 0.25) is 0 Å². The molecule has 0 aliphatic heterocycles. The summed E-state index contributed by atoms with van der Waals surface area (Å²) in [4.78, 5) is -0.162. The van der Waals surface area contributed by atoms with E-state index in [2.05, 4.69) is 20.7 Å². The van der Waals surface area contributed by atoms with Gasteiger partial charge in [-0.15, -0.1) is 0 Å². The summed E-state index contributed by atoms with van der Waals surface area (Å²) in [5.74, 6) is -0.379. The molecule has 1 aromatic rings. The highest BCUT2D eigenvalue weighted by molar-refractivity contribution is 9.10. The van der Waals surface area contributed by atoms with Gasteiger partial charge in [-0.25, -0.2) is 17.5 Å². The molecule has 0 spiro atoms. The second kappa shape index (κ2) is 6.78. The maximum absolute atomic E-state index is 13.3. The van der Waals surface area contributed by atoms with Crippen LogP contribution in [0.15, 0.2) is 27.6 Å². The van der Waals surface area contributed by atoms with Crippen molar-refractivity contribution in [3.63, 3.8) is 0 Å². The Hall–Kier alpha value is -0.500. The predicted molar refractivity (Wildman–Crippen MR) is 74.8 cm³/mol. The van der Waals surface area contributed by atoms with Gasteiger partial charge in [0.05, 0.1) is 15.5 Å². The first-order valence-corrected chi connectivity index (χ1v) is 8.12. The van der Waals surface area contributed by atoms with Crippen LogP contribution >= 0.6 is 15.9 Å². The molecule has 19 heavy (non-hydrogen) atoms. The number of rotatable bonds is 6. The molecule has 4 nitrogen and oxygen atoms in total. The zero-order chi connectivity index (χ0) is 14.6. The van der Waals surface area contributed by atoms with Crippen molar-refractivity contribution in [3.8, 4) is 0 Å². The number of halogens is 2. The van der Waals surface area contributed by atoms with Gasteiger partial charge < -0.3 is 5.11 Å². The van der Waals surface area contributed by atoms with Crippen LogP contribution in [0.25, 0.3) is 0 Å². The van der Waals surface area contributed by atoms with Crippen molar-refractivity contribution in [1.82, 2.24) is 4.72 Å². The van der Waals surface area contributed by atoms with E-state index in [1.165, 1.54) is 12.1 Å². The summed E-state index contributed by atoms with van der Waals surface area (Å²) < 4.78 is 39.5. The maximum Gasteiger partial charge on any atom is 0.240 e. The summed E-state index contributed by atoms with van der Waals surface area (Å²) in [5, 5.41) is 9.62. The van der Waals surface area contributed by atoms with E-state index < -0.39 is 21.9 Å². The molecule has 0 saturated heterocycles. The van der Waals surface area contributed by atoms with Crippen molar-refractivity contribution in [2.45, 2.75) is 31.3 Å². The third-order valence-electron chi connectivity index (χ3n) is 2.45. The van der Waals surface area contributed by atoms with Crippen LogP contribution in [-0.4, -0.2) is 26.2 Å². The lowest BCUT2D eigenvalue weighted by Crippen LogP contribution is -2.32. The van der Waals surface area contributed by atoms with Gasteiger partial charge in [-0.05, 0) is 46.5 Å². The van der Waals surface area contributed by atoms with Crippen LogP contribution < -0.4 is 4.72 Å². The van der Waals surface area contributed by atoms with E-state index in [1.54, 1.807) is 0 Å². The lowest BCUT2D eigenvalue weighted by atomic mass is 10.1. The molecule has 0 heterocycles. The number of hydrogen-bond acceptors (Lipinski definition) is 3. The molecule has 1 rings (SSSR count). The highest BCUT2D eigenvalue weighted by Gasteiger charge is 2.17. The minimum absolute atomic E-state index is 0.0851. The number of nitrogens with one attached hydrogen (secondary N) is 1. The average Bonchev–Trinajstić information content (AvgIpc) is 2.29. The average molecular weight is 354 g/mol. The van der Waals surface area contributed by atoms with Gasteiger partial charge >= 0.3 is 0 Å². The molecule has 0 radical (unpaired) electrons. The van der Waals surface area contributed by atoms with Gasteiger partial charge in [0, 0.05) is 6.54 Å². The zero-order valence-electron chi connectivity index (χ0n) is 10.7. The SMILES string of the molecule is CC(C)CC(O)CNS(=O)(=O)c1ccc(Br)c(F)c1. The maximum atomic E-state index is 13.3.